The lowest BCUT2D eigenvalue weighted by molar-refractivity contribution is -0.116. The molecule has 1 aromatic carbocycles. The first kappa shape index (κ1) is 17.6. The maximum atomic E-state index is 12.7. The van der Waals surface area contributed by atoms with Gasteiger partial charge in [0.15, 0.2) is 5.65 Å². The predicted octanol–water partition coefficient (Wildman–Crippen LogP) is 2.99. The molecule has 29 heavy (non-hydrogen) atoms. The molecule has 3 amide bonds. The Labute approximate surface area is 167 Å². The number of amides is 3. The monoisotopic (exact) mass is 388 g/mol. The second-order valence-electron chi connectivity index (χ2n) is 7.72. The van der Waals surface area contributed by atoms with E-state index in [1.807, 2.05) is 22.9 Å². The number of hydrogen-bond donors (Lipinski definition) is 0. The fourth-order valence-corrected chi connectivity index (χ4v) is 3.83. The Kier molecular flexibility index (Phi) is 3.81. The maximum absolute atomic E-state index is 12.7. The number of fused-ring (bicyclic) bond motifs is 2. The van der Waals surface area contributed by atoms with Crippen molar-refractivity contribution in [3.05, 3.63) is 65.1 Å². The van der Waals surface area contributed by atoms with E-state index >= 15 is 0 Å². The highest BCUT2D eigenvalue weighted by molar-refractivity contribution is 6.21. The Balaban J connectivity index is 1.54. The smallest absolute Gasteiger partial charge is 0.261 e. The number of benzene rings is 1. The molecule has 0 spiro atoms. The average Bonchev–Trinajstić information content (AvgIpc) is 3.44. The molecule has 3 heterocycles. The fraction of sp³-hybridized carbons (Fsp3) is 0.273. The number of hydrogen-bond acceptors (Lipinski definition) is 4. The van der Waals surface area contributed by atoms with Crippen LogP contribution < -0.4 is 4.90 Å². The zero-order valence-corrected chi connectivity index (χ0v) is 16.3. The SMILES string of the molecule is CC(=O)N(C)c1cc(C2CC2)cn2cc(CN3C(=O)c4ccccc4C3=O)nc12. The van der Waals surface area contributed by atoms with Gasteiger partial charge in [0.2, 0.25) is 5.91 Å². The van der Waals surface area contributed by atoms with Crippen LogP contribution in [0.3, 0.4) is 0 Å². The lowest BCUT2D eigenvalue weighted by atomic mass is 10.1. The number of rotatable bonds is 4. The fourth-order valence-electron chi connectivity index (χ4n) is 3.83. The van der Waals surface area contributed by atoms with Crippen LogP contribution in [0.15, 0.2) is 42.7 Å². The highest BCUT2D eigenvalue weighted by atomic mass is 16.2. The Morgan fingerprint density at radius 1 is 1.14 bits per heavy atom. The molecule has 3 aromatic rings. The van der Waals surface area contributed by atoms with Gasteiger partial charge in [0.05, 0.1) is 29.1 Å². The summed E-state index contributed by atoms with van der Waals surface area (Å²) in [6, 6.07) is 8.86. The van der Waals surface area contributed by atoms with Gasteiger partial charge in [-0.15, -0.1) is 0 Å². The second-order valence-corrected chi connectivity index (χ2v) is 7.72. The number of imidazole rings is 1. The molecule has 1 fully saturated rings. The molecule has 5 rings (SSSR count). The van der Waals surface area contributed by atoms with Gasteiger partial charge in [-0.25, -0.2) is 4.98 Å². The zero-order chi connectivity index (χ0) is 20.3. The van der Waals surface area contributed by atoms with Gasteiger partial charge < -0.3 is 9.30 Å². The summed E-state index contributed by atoms with van der Waals surface area (Å²) in [6.45, 7) is 1.61. The molecular formula is C22H20N4O3. The molecule has 0 saturated heterocycles. The summed E-state index contributed by atoms with van der Waals surface area (Å²) in [5, 5.41) is 0. The van der Waals surface area contributed by atoms with E-state index in [2.05, 4.69) is 4.98 Å². The topological polar surface area (TPSA) is 75.0 Å². The van der Waals surface area contributed by atoms with E-state index in [0.717, 1.165) is 18.5 Å². The molecular weight excluding hydrogens is 368 g/mol. The summed E-state index contributed by atoms with van der Waals surface area (Å²) < 4.78 is 1.90. The first-order valence-corrected chi connectivity index (χ1v) is 9.65. The first-order valence-electron chi connectivity index (χ1n) is 9.65. The number of carbonyl (C=O) groups excluding carboxylic acids is 3. The molecule has 1 aliphatic carbocycles. The summed E-state index contributed by atoms with van der Waals surface area (Å²) >= 11 is 0. The van der Waals surface area contributed by atoms with Crippen molar-refractivity contribution in [1.29, 1.82) is 0 Å². The van der Waals surface area contributed by atoms with Gasteiger partial charge in [-0.2, -0.15) is 0 Å². The summed E-state index contributed by atoms with van der Waals surface area (Å²) in [6.07, 6.45) is 6.16. The molecule has 0 radical (unpaired) electrons. The second kappa shape index (κ2) is 6.27. The van der Waals surface area contributed by atoms with E-state index < -0.39 is 0 Å². The molecule has 0 bridgehead atoms. The van der Waals surface area contributed by atoms with Crippen LogP contribution in [0.5, 0.6) is 0 Å². The molecule has 7 heteroatoms. The first-order chi connectivity index (χ1) is 13.9. The Bertz CT molecular complexity index is 1160. The Morgan fingerprint density at radius 2 is 1.79 bits per heavy atom. The van der Waals surface area contributed by atoms with Crippen molar-refractivity contribution in [3.63, 3.8) is 0 Å². The van der Waals surface area contributed by atoms with Crippen molar-refractivity contribution in [2.45, 2.75) is 32.2 Å². The van der Waals surface area contributed by atoms with Gasteiger partial charge in [0.1, 0.15) is 0 Å². The van der Waals surface area contributed by atoms with Gasteiger partial charge in [-0.1, -0.05) is 12.1 Å². The van der Waals surface area contributed by atoms with Crippen molar-refractivity contribution < 1.29 is 14.4 Å². The molecule has 146 valence electrons. The minimum absolute atomic E-state index is 0.0789. The van der Waals surface area contributed by atoms with Gasteiger partial charge in [-0.05, 0) is 42.5 Å². The van der Waals surface area contributed by atoms with Crippen LogP contribution in [0, 0.1) is 0 Å². The lowest BCUT2D eigenvalue weighted by Crippen LogP contribution is -2.29. The standard InChI is InChI=1S/C22H20N4O3/c1-13(27)24(2)19-9-15(14-7-8-14)10-25-11-16(23-20(19)25)12-26-21(28)17-5-3-4-6-18(17)22(26)29/h3-6,9-11,14H,7-8,12H2,1-2H3. The van der Waals surface area contributed by atoms with Crippen LogP contribution in [0.25, 0.3) is 5.65 Å². The van der Waals surface area contributed by atoms with Crippen molar-refractivity contribution in [3.8, 4) is 0 Å². The Morgan fingerprint density at radius 3 is 2.38 bits per heavy atom. The molecule has 0 N–H and O–H groups in total. The van der Waals surface area contributed by atoms with Gasteiger partial charge in [0, 0.05) is 26.4 Å². The van der Waals surface area contributed by atoms with Gasteiger partial charge in [0.25, 0.3) is 11.8 Å². The number of aromatic nitrogens is 2. The predicted molar refractivity (Wildman–Crippen MR) is 107 cm³/mol. The van der Waals surface area contributed by atoms with Crippen molar-refractivity contribution >= 4 is 29.1 Å². The van der Waals surface area contributed by atoms with E-state index in [0.29, 0.717) is 28.4 Å². The quantitative estimate of drug-likeness (QED) is 0.644. The van der Waals surface area contributed by atoms with Crippen LogP contribution in [-0.2, 0) is 11.3 Å². The minimum atomic E-state index is -0.303. The molecule has 1 saturated carbocycles. The van der Waals surface area contributed by atoms with Crippen LogP contribution in [0.1, 0.15) is 57.7 Å². The van der Waals surface area contributed by atoms with Crippen molar-refractivity contribution in [2.75, 3.05) is 11.9 Å². The summed E-state index contributed by atoms with van der Waals surface area (Å²) in [5.74, 6) is -0.171. The van der Waals surface area contributed by atoms with E-state index in [4.69, 9.17) is 0 Å². The van der Waals surface area contributed by atoms with Crippen LogP contribution in [0.2, 0.25) is 0 Å². The van der Waals surface area contributed by atoms with Gasteiger partial charge in [-0.3, -0.25) is 19.3 Å². The van der Waals surface area contributed by atoms with E-state index in [1.54, 1.807) is 36.2 Å². The van der Waals surface area contributed by atoms with Gasteiger partial charge >= 0.3 is 0 Å². The normalized spacial score (nSPS) is 15.9. The minimum Gasteiger partial charge on any atom is -0.312 e. The van der Waals surface area contributed by atoms with Crippen molar-refractivity contribution in [1.82, 2.24) is 14.3 Å². The lowest BCUT2D eigenvalue weighted by Gasteiger charge is -2.17. The third-order valence-electron chi connectivity index (χ3n) is 5.68. The van der Waals surface area contributed by atoms with Crippen LogP contribution >= 0.6 is 0 Å². The van der Waals surface area contributed by atoms with Crippen LogP contribution in [0.4, 0.5) is 5.69 Å². The molecule has 0 unspecified atom stereocenters. The summed E-state index contributed by atoms with van der Waals surface area (Å²) in [4.78, 5) is 44.8. The number of pyridine rings is 1. The summed E-state index contributed by atoms with van der Waals surface area (Å²) in [7, 11) is 1.73. The molecule has 2 aromatic heterocycles. The van der Waals surface area contributed by atoms with Crippen molar-refractivity contribution in [2.24, 2.45) is 0 Å². The van der Waals surface area contributed by atoms with E-state index in [9.17, 15) is 14.4 Å². The van der Waals surface area contributed by atoms with Crippen LogP contribution in [-0.4, -0.2) is 39.1 Å². The number of imide groups is 1. The molecule has 0 atom stereocenters. The van der Waals surface area contributed by atoms with E-state index in [-0.39, 0.29) is 24.3 Å². The molecule has 2 aliphatic rings. The zero-order valence-electron chi connectivity index (χ0n) is 16.3. The molecule has 1 aliphatic heterocycles. The largest absolute Gasteiger partial charge is 0.312 e. The number of nitrogens with zero attached hydrogens (tertiary/aromatic N) is 4. The number of anilines is 1. The average molecular weight is 388 g/mol. The highest BCUT2D eigenvalue weighted by Gasteiger charge is 2.35. The maximum Gasteiger partial charge on any atom is 0.261 e. The molecule has 7 nitrogen and oxygen atoms in total. The highest BCUT2D eigenvalue weighted by Crippen LogP contribution is 2.41. The number of carbonyl (C=O) groups is 3. The third kappa shape index (κ3) is 2.81. The van der Waals surface area contributed by atoms with E-state index in [1.165, 1.54) is 17.4 Å². The Hall–Kier alpha value is -3.48. The third-order valence-corrected chi connectivity index (χ3v) is 5.68. The summed E-state index contributed by atoms with van der Waals surface area (Å²) in [5.41, 5.74) is 3.99.